The second kappa shape index (κ2) is 11.0. The molecule has 3 aromatic heterocycles. The summed E-state index contributed by atoms with van der Waals surface area (Å²) in [6.45, 7) is 4.14. The molecule has 0 radical (unpaired) electrons. The van der Waals surface area contributed by atoms with Gasteiger partial charge in [-0.15, -0.1) is 0 Å². The molecule has 2 amide bonds. The fourth-order valence-electron chi connectivity index (χ4n) is 7.15. The predicted molar refractivity (Wildman–Crippen MR) is 166 cm³/mol. The third kappa shape index (κ3) is 5.15. The molecule has 2 aliphatic heterocycles. The number of benzene rings is 1. The van der Waals surface area contributed by atoms with Crippen LogP contribution in [0.25, 0.3) is 33.6 Å². The monoisotopic (exact) mass is 583 g/mol. The summed E-state index contributed by atoms with van der Waals surface area (Å²) in [5.74, 6) is 2.73. The van der Waals surface area contributed by atoms with E-state index < -0.39 is 0 Å². The lowest BCUT2D eigenvalue weighted by Gasteiger charge is -2.30. The Labute approximate surface area is 251 Å². The topological polar surface area (TPSA) is 120 Å². The van der Waals surface area contributed by atoms with E-state index in [0.29, 0.717) is 42.7 Å². The highest BCUT2D eigenvalue weighted by molar-refractivity contribution is 6.00. The number of nitrogens with two attached hydrogens (primary N) is 1. The van der Waals surface area contributed by atoms with Crippen LogP contribution in [0.4, 0.5) is 0 Å². The number of fused-ring (bicyclic) bond motifs is 3. The molecule has 10 nitrogen and oxygen atoms in total. The van der Waals surface area contributed by atoms with Gasteiger partial charge in [0.2, 0.25) is 5.91 Å². The molecular weight excluding hydrogens is 542 g/mol. The number of aryl methyl sites for hydroxylation is 1. The Balaban J connectivity index is 1.33. The standard InChI is InChI=1S/C33H41N7O3/c1-19-25-11-10-21-15-27(40(31(21)36-25)17-23-13-20(23)7-4-5-9-29(41)35-19)32-37-26-14-22(16-28(43-3)30(26)38(32)2)33(42)39-12-6-8-24(34)18-39/h10-11,14-16,19-20,23-24H,4-9,12-13,17-18,34H2,1-3H3,(H,35,41)/t19-,20-,23+,24-/m1/s1. The molecule has 1 aliphatic carbocycles. The number of likely N-dealkylation sites (tertiary alicyclic amines) is 1. The maximum Gasteiger partial charge on any atom is 0.254 e. The third-order valence-corrected chi connectivity index (χ3v) is 9.68. The normalized spacial score (nSPS) is 24.6. The van der Waals surface area contributed by atoms with Crippen LogP contribution in [0.3, 0.4) is 0 Å². The first-order chi connectivity index (χ1) is 20.8. The summed E-state index contributed by atoms with van der Waals surface area (Å²) < 4.78 is 10.2. The van der Waals surface area contributed by atoms with Crippen molar-refractivity contribution in [2.24, 2.45) is 24.6 Å². The van der Waals surface area contributed by atoms with Gasteiger partial charge in [-0.2, -0.15) is 0 Å². The largest absolute Gasteiger partial charge is 0.494 e. The number of aromatic nitrogens is 4. The van der Waals surface area contributed by atoms with Crippen molar-refractivity contribution in [2.75, 3.05) is 20.2 Å². The fourth-order valence-corrected chi connectivity index (χ4v) is 7.15. The van der Waals surface area contributed by atoms with Crippen LogP contribution < -0.4 is 15.8 Å². The Morgan fingerprint density at radius 2 is 1.93 bits per heavy atom. The highest BCUT2D eigenvalue weighted by atomic mass is 16.5. The van der Waals surface area contributed by atoms with Crippen molar-refractivity contribution in [2.45, 2.75) is 70.5 Å². The van der Waals surface area contributed by atoms with Crippen molar-refractivity contribution >= 4 is 33.9 Å². The van der Waals surface area contributed by atoms with Crippen molar-refractivity contribution in [3.63, 3.8) is 0 Å². The smallest absolute Gasteiger partial charge is 0.254 e. The van der Waals surface area contributed by atoms with E-state index in [9.17, 15) is 9.59 Å². The van der Waals surface area contributed by atoms with E-state index in [1.54, 1.807) is 7.11 Å². The van der Waals surface area contributed by atoms with Crippen LogP contribution in [0.15, 0.2) is 30.3 Å². The SMILES string of the molecule is COc1cc(C(=O)N2CCC[C@@H](N)C2)cc2nc(-c3cc4ccc5nc4n3C[C@@H]3C[C@H]3CCCCC(=O)N[C@@H]5C)n(C)c12. The summed E-state index contributed by atoms with van der Waals surface area (Å²) in [6, 6.07) is 9.82. The van der Waals surface area contributed by atoms with E-state index in [4.69, 9.17) is 20.4 Å². The number of methoxy groups -OCH3 is 1. The summed E-state index contributed by atoms with van der Waals surface area (Å²) in [5, 5.41) is 4.18. The van der Waals surface area contributed by atoms with Gasteiger partial charge in [0.15, 0.2) is 5.82 Å². The molecule has 3 aliphatic rings. The average molecular weight is 584 g/mol. The lowest BCUT2D eigenvalue weighted by Crippen LogP contribution is -2.45. The molecule has 4 atom stereocenters. The lowest BCUT2D eigenvalue weighted by atomic mass is 10.0. The van der Waals surface area contributed by atoms with E-state index in [1.807, 2.05) is 37.1 Å². The van der Waals surface area contributed by atoms with Crippen LogP contribution in [0.1, 0.15) is 74.0 Å². The molecule has 2 bridgehead atoms. The van der Waals surface area contributed by atoms with Gasteiger partial charge in [-0.1, -0.05) is 12.8 Å². The summed E-state index contributed by atoms with van der Waals surface area (Å²) in [7, 11) is 3.64. The average Bonchev–Trinajstić information content (AvgIpc) is 3.52. The minimum atomic E-state index is -0.175. The van der Waals surface area contributed by atoms with E-state index in [2.05, 4.69) is 26.6 Å². The molecule has 43 heavy (non-hydrogen) atoms. The first kappa shape index (κ1) is 27.9. The van der Waals surface area contributed by atoms with E-state index in [1.165, 1.54) is 6.42 Å². The maximum absolute atomic E-state index is 13.5. The summed E-state index contributed by atoms with van der Waals surface area (Å²) in [4.78, 5) is 38.1. The molecule has 10 heteroatoms. The van der Waals surface area contributed by atoms with Crippen LogP contribution in [0.2, 0.25) is 0 Å². The zero-order chi connectivity index (χ0) is 29.8. The van der Waals surface area contributed by atoms with Crippen LogP contribution >= 0.6 is 0 Å². The molecule has 1 saturated heterocycles. The maximum atomic E-state index is 13.5. The highest BCUT2D eigenvalue weighted by Crippen LogP contribution is 2.45. The fraction of sp³-hybridized carbons (Fsp3) is 0.515. The summed E-state index contributed by atoms with van der Waals surface area (Å²) >= 11 is 0. The number of rotatable bonds is 3. The second-order valence-electron chi connectivity index (χ2n) is 12.8. The number of nitrogens with one attached hydrogen (secondary N) is 1. The zero-order valence-corrected chi connectivity index (χ0v) is 25.3. The van der Waals surface area contributed by atoms with Gasteiger partial charge in [0.1, 0.15) is 16.9 Å². The first-order valence-electron chi connectivity index (χ1n) is 15.7. The summed E-state index contributed by atoms with van der Waals surface area (Å²) in [5.41, 5.74) is 11.1. The molecular formula is C33H41N7O3. The van der Waals surface area contributed by atoms with Crippen molar-refractivity contribution < 1.29 is 14.3 Å². The molecule has 1 aromatic carbocycles. The highest BCUT2D eigenvalue weighted by Gasteiger charge is 2.37. The molecule has 5 heterocycles. The number of amides is 2. The van der Waals surface area contributed by atoms with Crippen molar-refractivity contribution in [1.82, 2.24) is 29.3 Å². The van der Waals surface area contributed by atoms with Gasteiger partial charge >= 0.3 is 0 Å². The number of ether oxygens (including phenoxy) is 1. The quantitative estimate of drug-likeness (QED) is 0.365. The van der Waals surface area contributed by atoms with E-state index >= 15 is 0 Å². The molecule has 4 aromatic rings. The van der Waals surface area contributed by atoms with Crippen molar-refractivity contribution in [3.8, 4) is 17.3 Å². The zero-order valence-electron chi connectivity index (χ0n) is 25.3. The number of imidazole rings is 1. The predicted octanol–water partition coefficient (Wildman–Crippen LogP) is 4.55. The van der Waals surface area contributed by atoms with Crippen LogP contribution in [0.5, 0.6) is 5.75 Å². The molecule has 0 spiro atoms. The number of nitrogens with zero attached hydrogens (tertiary/aromatic N) is 5. The van der Waals surface area contributed by atoms with Gasteiger partial charge in [-0.05, 0) is 74.8 Å². The molecule has 0 unspecified atom stereocenters. The Hall–Kier alpha value is -3.92. The van der Waals surface area contributed by atoms with Crippen molar-refractivity contribution in [1.29, 1.82) is 0 Å². The lowest BCUT2D eigenvalue weighted by molar-refractivity contribution is -0.121. The van der Waals surface area contributed by atoms with E-state index in [0.717, 1.165) is 77.9 Å². The van der Waals surface area contributed by atoms with Gasteiger partial charge in [0.25, 0.3) is 5.91 Å². The number of piperidine rings is 1. The van der Waals surface area contributed by atoms with Crippen LogP contribution in [-0.2, 0) is 18.4 Å². The Morgan fingerprint density at radius 1 is 1.07 bits per heavy atom. The van der Waals surface area contributed by atoms with Crippen LogP contribution in [0, 0.1) is 11.8 Å². The Kier molecular flexibility index (Phi) is 7.12. The molecule has 226 valence electrons. The molecule has 2 fully saturated rings. The minimum absolute atomic E-state index is 0.00832. The van der Waals surface area contributed by atoms with Crippen molar-refractivity contribution in [3.05, 3.63) is 41.6 Å². The number of hydrogen-bond acceptors (Lipinski definition) is 6. The number of carbonyl (C=O) groups excluding carboxylic acids is 2. The Bertz CT molecular complexity index is 1720. The van der Waals surface area contributed by atoms with Gasteiger partial charge in [0, 0.05) is 50.1 Å². The van der Waals surface area contributed by atoms with Gasteiger partial charge in [-0.25, -0.2) is 9.97 Å². The second-order valence-corrected chi connectivity index (χ2v) is 12.8. The van der Waals surface area contributed by atoms with E-state index in [-0.39, 0.29) is 23.9 Å². The molecule has 1 saturated carbocycles. The summed E-state index contributed by atoms with van der Waals surface area (Å²) in [6.07, 6.45) is 6.77. The van der Waals surface area contributed by atoms with Crippen LogP contribution in [-0.4, -0.2) is 62.1 Å². The number of pyridine rings is 1. The van der Waals surface area contributed by atoms with Gasteiger partial charge in [-0.3, -0.25) is 9.59 Å². The Morgan fingerprint density at radius 3 is 2.74 bits per heavy atom. The van der Waals surface area contributed by atoms with Gasteiger partial charge in [0.05, 0.1) is 30.1 Å². The third-order valence-electron chi connectivity index (χ3n) is 9.68. The minimum Gasteiger partial charge on any atom is -0.494 e. The molecule has 7 rings (SSSR count). The van der Waals surface area contributed by atoms with Gasteiger partial charge < -0.3 is 29.8 Å². The molecule has 3 N–H and O–H groups in total. The first-order valence-corrected chi connectivity index (χ1v) is 15.7. The number of hydrogen-bond donors (Lipinski definition) is 2. The number of carbonyl (C=O) groups is 2.